The van der Waals surface area contributed by atoms with Crippen molar-refractivity contribution in [3.63, 3.8) is 0 Å². The minimum Gasteiger partial charge on any atom is -0.302 e. The first-order chi connectivity index (χ1) is 11.2. The Balaban J connectivity index is 1.52. The van der Waals surface area contributed by atoms with Gasteiger partial charge in [0.1, 0.15) is 5.82 Å². The molecule has 3 nitrogen and oxygen atoms in total. The van der Waals surface area contributed by atoms with Crippen molar-refractivity contribution < 1.29 is 9.18 Å². The van der Waals surface area contributed by atoms with Gasteiger partial charge in [0.2, 0.25) is 5.91 Å². The molecule has 0 saturated heterocycles. The predicted molar refractivity (Wildman–Crippen MR) is 92.6 cm³/mol. The van der Waals surface area contributed by atoms with Gasteiger partial charge in [0.05, 0.1) is 0 Å². The van der Waals surface area contributed by atoms with Crippen LogP contribution in [-0.2, 0) is 17.6 Å². The van der Waals surface area contributed by atoms with E-state index in [-0.39, 0.29) is 11.7 Å². The first-order valence-electron chi connectivity index (χ1n) is 7.19. The van der Waals surface area contributed by atoms with Gasteiger partial charge in [-0.25, -0.2) is 9.37 Å². The fourth-order valence-electron chi connectivity index (χ4n) is 2.13. The van der Waals surface area contributed by atoms with E-state index in [2.05, 4.69) is 15.7 Å². The van der Waals surface area contributed by atoms with Crippen LogP contribution >= 0.6 is 22.7 Å². The molecule has 0 bridgehead atoms. The van der Waals surface area contributed by atoms with Gasteiger partial charge in [-0.1, -0.05) is 12.1 Å². The lowest BCUT2D eigenvalue weighted by Crippen LogP contribution is -2.11. The monoisotopic (exact) mass is 346 g/mol. The van der Waals surface area contributed by atoms with Crippen molar-refractivity contribution in [1.29, 1.82) is 0 Å². The molecule has 2 heterocycles. The van der Waals surface area contributed by atoms with Crippen LogP contribution in [-0.4, -0.2) is 10.9 Å². The summed E-state index contributed by atoms with van der Waals surface area (Å²) in [5.74, 6) is -0.268. The summed E-state index contributed by atoms with van der Waals surface area (Å²) >= 11 is 3.08. The van der Waals surface area contributed by atoms with Gasteiger partial charge in [-0.2, -0.15) is 11.3 Å². The van der Waals surface area contributed by atoms with Crippen LogP contribution in [0.5, 0.6) is 0 Å². The van der Waals surface area contributed by atoms with Gasteiger partial charge in [-0.15, -0.1) is 11.3 Å². The number of halogens is 1. The van der Waals surface area contributed by atoms with Crippen molar-refractivity contribution in [2.24, 2.45) is 0 Å². The fraction of sp³-hybridized carbons (Fsp3) is 0.176. The van der Waals surface area contributed by atoms with Crippen LogP contribution in [0.25, 0.3) is 0 Å². The lowest BCUT2D eigenvalue weighted by Gasteiger charge is -2.00. The van der Waals surface area contributed by atoms with Gasteiger partial charge < -0.3 is 5.32 Å². The second-order valence-electron chi connectivity index (χ2n) is 5.11. The van der Waals surface area contributed by atoms with Crippen LogP contribution in [0.3, 0.4) is 0 Å². The van der Waals surface area contributed by atoms with Crippen molar-refractivity contribution in [3.05, 3.63) is 69.1 Å². The summed E-state index contributed by atoms with van der Waals surface area (Å²) in [7, 11) is 0. The summed E-state index contributed by atoms with van der Waals surface area (Å²) in [6, 6.07) is 8.44. The number of aromatic nitrogens is 1. The van der Waals surface area contributed by atoms with Crippen LogP contribution in [0.4, 0.5) is 9.52 Å². The fourth-order valence-corrected chi connectivity index (χ4v) is 3.69. The third kappa shape index (κ3) is 4.71. The average molecular weight is 346 g/mol. The molecule has 2 aromatic heterocycles. The van der Waals surface area contributed by atoms with Crippen LogP contribution in [0, 0.1) is 5.82 Å². The molecule has 0 spiro atoms. The molecule has 0 aliphatic carbocycles. The van der Waals surface area contributed by atoms with E-state index in [1.54, 1.807) is 29.7 Å². The molecule has 0 saturated carbocycles. The Bertz CT molecular complexity index is 766. The quantitative estimate of drug-likeness (QED) is 0.714. The molecule has 0 aliphatic rings. The number of nitrogens with one attached hydrogen (secondary N) is 1. The number of carbonyl (C=O) groups is 1. The van der Waals surface area contributed by atoms with Crippen molar-refractivity contribution in [2.45, 2.75) is 19.3 Å². The molecule has 23 heavy (non-hydrogen) atoms. The molecule has 0 fully saturated rings. The van der Waals surface area contributed by atoms with E-state index < -0.39 is 0 Å². The van der Waals surface area contributed by atoms with Crippen molar-refractivity contribution in [2.75, 3.05) is 5.32 Å². The zero-order chi connectivity index (χ0) is 16.1. The normalized spacial score (nSPS) is 10.7. The number of nitrogens with zero attached hydrogens (tertiary/aromatic N) is 1. The van der Waals surface area contributed by atoms with Crippen molar-refractivity contribution in [1.82, 2.24) is 4.98 Å². The standard InChI is InChI=1S/C17H15FN2OS2/c18-14-4-1-12(2-5-14)9-15-10-19-17(23-15)20-16(21)6-3-13-7-8-22-11-13/h1-2,4-5,7-8,10-11H,3,6,9H2,(H,19,20,21). The first kappa shape index (κ1) is 15.8. The molecule has 1 N–H and O–H groups in total. The maximum atomic E-state index is 12.9. The number of amides is 1. The zero-order valence-corrected chi connectivity index (χ0v) is 13.9. The summed E-state index contributed by atoms with van der Waals surface area (Å²) in [6.45, 7) is 0. The van der Waals surface area contributed by atoms with Crippen molar-refractivity contribution in [3.8, 4) is 0 Å². The summed E-state index contributed by atoms with van der Waals surface area (Å²) in [4.78, 5) is 17.2. The van der Waals surface area contributed by atoms with Crippen molar-refractivity contribution >= 4 is 33.7 Å². The number of thiazole rings is 1. The molecule has 0 atom stereocenters. The van der Waals surface area contributed by atoms with Gasteiger partial charge in [0.15, 0.2) is 5.13 Å². The molecular formula is C17H15FN2OS2. The molecule has 1 aromatic carbocycles. The third-order valence-electron chi connectivity index (χ3n) is 3.31. The molecule has 6 heteroatoms. The number of hydrogen-bond acceptors (Lipinski definition) is 4. The average Bonchev–Trinajstić information content (AvgIpc) is 3.20. The number of hydrogen-bond donors (Lipinski definition) is 1. The smallest absolute Gasteiger partial charge is 0.226 e. The predicted octanol–water partition coefficient (Wildman–Crippen LogP) is 4.51. The van der Waals surface area contributed by atoms with E-state index in [1.165, 1.54) is 29.0 Å². The van der Waals surface area contributed by atoms with Gasteiger partial charge in [0, 0.05) is 23.9 Å². The molecule has 118 valence electrons. The summed E-state index contributed by atoms with van der Waals surface area (Å²) in [5, 5.41) is 7.50. The number of aryl methyl sites for hydroxylation is 1. The minimum atomic E-state index is -0.239. The number of thiophene rings is 1. The van der Waals surface area contributed by atoms with E-state index in [0.29, 0.717) is 18.0 Å². The van der Waals surface area contributed by atoms with E-state index in [9.17, 15) is 9.18 Å². The Hall–Kier alpha value is -2.05. The summed E-state index contributed by atoms with van der Waals surface area (Å²) < 4.78 is 12.9. The van der Waals surface area contributed by atoms with E-state index in [1.807, 2.05) is 11.4 Å². The molecule has 0 unspecified atom stereocenters. The lowest BCUT2D eigenvalue weighted by molar-refractivity contribution is -0.116. The van der Waals surface area contributed by atoms with Crippen LogP contribution in [0.2, 0.25) is 0 Å². The van der Waals surface area contributed by atoms with Gasteiger partial charge in [-0.05, 0) is 46.5 Å². The number of rotatable bonds is 6. The number of anilines is 1. The zero-order valence-electron chi connectivity index (χ0n) is 12.3. The van der Waals surface area contributed by atoms with Crippen LogP contribution in [0.1, 0.15) is 22.4 Å². The van der Waals surface area contributed by atoms with E-state index >= 15 is 0 Å². The lowest BCUT2D eigenvalue weighted by atomic mass is 10.1. The summed E-state index contributed by atoms with van der Waals surface area (Å²) in [5.41, 5.74) is 2.20. The Morgan fingerprint density at radius 3 is 2.74 bits per heavy atom. The van der Waals surface area contributed by atoms with Gasteiger partial charge in [-0.3, -0.25) is 4.79 Å². The van der Waals surface area contributed by atoms with Gasteiger partial charge >= 0.3 is 0 Å². The second kappa shape index (κ2) is 7.48. The Labute approximate surface area is 141 Å². The molecular weight excluding hydrogens is 331 g/mol. The van der Waals surface area contributed by atoms with E-state index in [4.69, 9.17) is 0 Å². The molecule has 0 radical (unpaired) electrons. The Kier molecular flexibility index (Phi) is 5.15. The highest BCUT2D eigenvalue weighted by molar-refractivity contribution is 7.15. The largest absolute Gasteiger partial charge is 0.302 e. The topological polar surface area (TPSA) is 42.0 Å². The Morgan fingerprint density at radius 2 is 2.00 bits per heavy atom. The highest BCUT2D eigenvalue weighted by Gasteiger charge is 2.08. The SMILES string of the molecule is O=C(CCc1ccsc1)Nc1ncc(Cc2ccc(F)cc2)s1. The molecule has 3 aromatic rings. The molecule has 0 aliphatic heterocycles. The minimum absolute atomic E-state index is 0.0288. The molecule has 1 amide bonds. The van der Waals surface area contributed by atoms with E-state index in [0.717, 1.165) is 16.9 Å². The summed E-state index contributed by atoms with van der Waals surface area (Å²) in [6.07, 6.45) is 3.62. The highest BCUT2D eigenvalue weighted by Crippen LogP contribution is 2.21. The third-order valence-corrected chi connectivity index (χ3v) is 4.96. The maximum absolute atomic E-state index is 12.9. The number of benzene rings is 1. The molecule has 3 rings (SSSR count). The van der Waals surface area contributed by atoms with Crippen LogP contribution < -0.4 is 5.32 Å². The maximum Gasteiger partial charge on any atom is 0.226 e. The van der Waals surface area contributed by atoms with Crippen LogP contribution in [0.15, 0.2) is 47.3 Å². The first-order valence-corrected chi connectivity index (χ1v) is 8.95. The Morgan fingerprint density at radius 1 is 1.17 bits per heavy atom. The van der Waals surface area contributed by atoms with Gasteiger partial charge in [0.25, 0.3) is 0 Å². The second-order valence-corrected chi connectivity index (χ2v) is 7.01. The number of carbonyl (C=O) groups excluding carboxylic acids is 1. The highest BCUT2D eigenvalue weighted by atomic mass is 32.1.